The summed E-state index contributed by atoms with van der Waals surface area (Å²) in [5, 5.41) is 0. The van der Waals surface area contributed by atoms with Crippen LogP contribution in [0.4, 0.5) is 5.69 Å². The Bertz CT molecular complexity index is 1100. The van der Waals surface area contributed by atoms with E-state index in [4.69, 9.17) is 4.74 Å². The van der Waals surface area contributed by atoms with Crippen LogP contribution in [0.3, 0.4) is 0 Å². The zero-order valence-corrected chi connectivity index (χ0v) is 18.9. The average Bonchev–Trinajstić information content (AvgIpc) is 2.82. The van der Waals surface area contributed by atoms with Gasteiger partial charge in [0.05, 0.1) is 11.5 Å². The zero-order valence-electron chi connectivity index (χ0n) is 18.1. The molecular weight excluding hydrogens is 424 g/mol. The number of rotatable bonds is 11. The van der Waals surface area contributed by atoms with Crippen molar-refractivity contribution in [2.75, 3.05) is 31.5 Å². The molecule has 0 saturated heterocycles. The van der Waals surface area contributed by atoms with Crippen molar-refractivity contribution in [2.45, 2.75) is 17.7 Å². The third-order valence-corrected chi connectivity index (χ3v) is 6.40. The number of methoxy groups -OCH3 is 1. The minimum absolute atomic E-state index is 0.157. The van der Waals surface area contributed by atoms with Gasteiger partial charge in [0.15, 0.2) is 0 Å². The van der Waals surface area contributed by atoms with Gasteiger partial charge in [-0.1, -0.05) is 54.6 Å². The van der Waals surface area contributed by atoms with E-state index in [9.17, 15) is 13.2 Å². The standard InChI is InChI=1S/C25H28N2O4S/c1-31-19-18-27(17-9-12-21-10-4-2-5-11-21)25(28)22-13-8-14-23(20-22)26-32(29,30)24-15-6-3-7-16-24/h2-8,10-11,13-16,20,26H,9,12,17-19H2,1H3. The number of sulfonamides is 1. The number of amides is 1. The monoisotopic (exact) mass is 452 g/mol. The molecule has 0 aliphatic carbocycles. The van der Waals surface area contributed by atoms with Gasteiger partial charge in [0.1, 0.15) is 0 Å². The van der Waals surface area contributed by atoms with Crippen molar-refractivity contribution in [3.05, 3.63) is 96.1 Å². The molecule has 3 rings (SSSR count). The second kappa shape index (κ2) is 11.5. The number of anilines is 1. The largest absolute Gasteiger partial charge is 0.383 e. The Morgan fingerprint density at radius 3 is 2.28 bits per heavy atom. The molecule has 0 radical (unpaired) electrons. The highest BCUT2D eigenvalue weighted by atomic mass is 32.2. The topological polar surface area (TPSA) is 75.7 Å². The quantitative estimate of drug-likeness (QED) is 0.473. The number of hydrogen-bond donors (Lipinski definition) is 1. The number of benzene rings is 3. The highest BCUT2D eigenvalue weighted by Gasteiger charge is 2.18. The van der Waals surface area contributed by atoms with Crippen LogP contribution in [0.15, 0.2) is 89.8 Å². The maximum Gasteiger partial charge on any atom is 0.261 e. The second-order valence-corrected chi connectivity index (χ2v) is 9.06. The van der Waals surface area contributed by atoms with E-state index in [-0.39, 0.29) is 10.8 Å². The molecule has 0 aliphatic heterocycles. The first-order chi connectivity index (χ1) is 15.5. The van der Waals surface area contributed by atoms with Crippen LogP contribution in [0, 0.1) is 0 Å². The number of nitrogens with one attached hydrogen (secondary N) is 1. The minimum atomic E-state index is -3.73. The van der Waals surface area contributed by atoms with Gasteiger partial charge in [-0.3, -0.25) is 9.52 Å². The predicted octanol–water partition coefficient (Wildman–Crippen LogP) is 4.21. The van der Waals surface area contributed by atoms with Gasteiger partial charge in [0, 0.05) is 31.5 Å². The van der Waals surface area contributed by atoms with E-state index < -0.39 is 10.0 Å². The fraction of sp³-hybridized carbons (Fsp3) is 0.240. The molecule has 0 bridgehead atoms. The van der Waals surface area contributed by atoms with E-state index in [0.717, 1.165) is 12.8 Å². The lowest BCUT2D eigenvalue weighted by atomic mass is 10.1. The van der Waals surface area contributed by atoms with E-state index in [1.54, 1.807) is 54.5 Å². The highest BCUT2D eigenvalue weighted by Crippen LogP contribution is 2.18. The van der Waals surface area contributed by atoms with Gasteiger partial charge in [-0.2, -0.15) is 0 Å². The third kappa shape index (κ3) is 6.67. The Labute approximate surface area is 189 Å². The molecule has 3 aromatic rings. The first-order valence-electron chi connectivity index (χ1n) is 10.5. The summed E-state index contributed by atoms with van der Waals surface area (Å²) in [6.45, 7) is 1.47. The summed E-state index contributed by atoms with van der Waals surface area (Å²) in [5.74, 6) is -0.157. The van der Waals surface area contributed by atoms with Crippen LogP contribution in [0.5, 0.6) is 0 Å². The van der Waals surface area contributed by atoms with Crippen molar-refractivity contribution in [3.8, 4) is 0 Å². The van der Waals surface area contributed by atoms with Gasteiger partial charge >= 0.3 is 0 Å². The molecule has 0 fully saturated rings. The van der Waals surface area contributed by atoms with Crippen molar-refractivity contribution in [1.29, 1.82) is 0 Å². The van der Waals surface area contributed by atoms with Gasteiger partial charge in [0.2, 0.25) is 0 Å². The Balaban J connectivity index is 1.70. The Morgan fingerprint density at radius 2 is 1.59 bits per heavy atom. The summed E-state index contributed by atoms with van der Waals surface area (Å²) in [6.07, 6.45) is 1.69. The lowest BCUT2D eigenvalue weighted by Crippen LogP contribution is -2.35. The SMILES string of the molecule is COCCN(CCCc1ccccc1)C(=O)c1cccc(NS(=O)(=O)c2ccccc2)c1. The molecule has 1 N–H and O–H groups in total. The number of nitrogens with zero attached hydrogens (tertiary/aromatic N) is 1. The summed E-state index contributed by atoms with van der Waals surface area (Å²) < 4.78 is 33.0. The highest BCUT2D eigenvalue weighted by molar-refractivity contribution is 7.92. The molecule has 32 heavy (non-hydrogen) atoms. The van der Waals surface area contributed by atoms with Crippen molar-refractivity contribution >= 4 is 21.6 Å². The first kappa shape index (κ1) is 23.5. The number of ether oxygens (including phenoxy) is 1. The number of carbonyl (C=O) groups excluding carboxylic acids is 1. The fourth-order valence-corrected chi connectivity index (χ4v) is 4.42. The van der Waals surface area contributed by atoms with Crippen molar-refractivity contribution in [3.63, 3.8) is 0 Å². The van der Waals surface area contributed by atoms with E-state index in [2.05, 4.69) is 16.9 Å². The first-order valence-corrected chi connectivity index (χ1v) is 12.0. The molecule has 168 valence electrons. The van der Waals surface area contributed by atoms with Gasteiger partial charge in [0.25, 0.3) is 15.9 Å². The summed E-state index contributed by atoms with van der Waals surface area (Å²) in [6, 6.07) is 24.8. The van der Waals surface area contributed by atoms with Crippen LogP contribution in [-0.4, -0.2) is 46.0 Å². The molecule has 0 unspecified atom stereocenters. The lowest BCUT2D eigenvalue weighted by Gasteiger charge is -2.23. The van der Waals surface area contributed by atoms with E-state index >= 15 is 0 Å². The second-order valence-electron chi connectivity index (χ2n) is 7.37. The molecule has 0 saturated carbocycles. The van der Waals surface area contributed by atoms with E-state index in [1.165, 1.54) is 17.7 Å². The molecule has 7 heteroatoms. The minimum Gasteiger partial charge on any atom is -0.383 e. The van der Waals surface area contributed by atoms with Gasteiger partial charge in [-0.25, -0.2) is 8.42 Å². The maximum atomic E-state index is 13.2. The van der Waals surface area contributed by atoms with Crippen molar-refractivity contribution in [2.24, 2.45) is 0 Å². The van der Waals surface area contributed by atoms with Crippen LogP contribution in [0.2, 0.25) is 0 Å². The smallest absolute Gasteiger partial charge is 0.261 e. The Kier molecular flexibility index (Phi) is 8.41. The van der Waals surface area contributed by atoms with Crippen LogP contribution < -0.4 is 4.72 Å². The van der Waals surface area contributed by atoms with Crippen LogP contribution in [-0.2, 0) is 21.2 Å². The molecule has 0 spiro atoms. The molecule has 3 aromatic carbocycles. The Hall–Kier alpha value is -3.16. The van der Waals surface area contributed by atoms with Crippen LogP contribution in [0.1, 0.15) is 22.3 Å². The molecule has 0 aliphatic rings. The zero-order chi connectivity index (χ0) is 22.8. The Morgan fingerprint density at radius 1 is 0.906 bits per heavy atom. The summed E-state index contributed by atoms with van der Waals surface area (Å²) in [5.41, 5.74) is 1.99. The number of aryl methyl sites for hydroxylation is 1. The molecular formula is C25H28N2O4S. The molecule has 0 heterocycles. The summed E-state index contributed by atoms with van der Waals surface area (Å²) in [7, 11) is -2.13. The summed E-state index contributed by atoms with van der Waals surface area (Å²) in [4.78, 5) is 15.1. The predicted molar refractivity (Wildman–Crippen MR) is 126 cm³/mol. The molecule has 1 amide bonds. The lowest BCUT2D eigenvalue weighted by molar-refractivity contribution is 0.0693. The number of hydrogen-bond acceptors (Lipinski definition) is 4. The van der Waals surface area contributed by atoms with Crippen molar-refractivity contribution in [1.82, 2.24) is 4.90 Å². The number of carbonyl (C=O) groups is 1. The normalized spacial score (nSPS) is 11.2. The third-order valence-electron chi connectivity index (χ3n) is 5.00. The van der Waals surface area contributed by atoms with Crippen molar-refractivity contribution < 1.29 is 17.9 Å². The van der Waals surface area contributed by atoms with Gasteiger partial charge < -0.3 is 9.64 Å². The molecule has 6 nitrogen and oxygen atoms in total. The average molecular weight is 453 g/mol. The van der Waals surface area contributed by atoms with E-state index in [0.29, 0.717) is 30.9 Å². The van der Waals surface area contributed by atoms with Crippen LogP contribution in [0.25, 0.3) is 0 Å². The molecule has 0 aromatic heterocycles. The van der Waals surface area contributed by atoms with Crippen LogP contribution >= 0.6 is 0 Å². The summed E-state index contributed by atoms with van der Waals surface area (Å²) >= 11 is 0. The maximum absolute atomic E-state index is 13.2. The van der Waals surface area contributed by atoms with E-state index in [1.807, 2.05) is 18.2 Å². The fourth-order valence-electron chi connectivity index (χ4n) is 3.35. The molecule has 0 atom stereocenters. The van der Waals surface area contributed by atoms with Gasteiger partial charge in [-0.05, 0) is 48.7 Å². The van der Waals surface area contributed by atoms with Gasteiger partial charge in [-0.15, -0.1) is 0 Å².